The Bertz CT molecular complexity index is 478. The third-order valence-corrected chi connectivity index (χ3v) is 3.95. The highest BCUT2D eigenvalue weighted by Crippen LogP contribution is 2.18. The van der Waals surface area contributed by atoms with E-state index < -0.39 is 9.84 Å². The van der Waals surface area contributed by atoms with Crippen molar-refractivity contribution in [2.45, 2.75) is 45.2 Å². The molecule has 9 heteroatoms. The summed E-state index contributed by atoms with van der Waals surface area (Å²) in [5.41, 5.74) is 0. The molecule has 1 unspecified atom stereocenters. The summed E-state index contributed by atoms with van der Waals surface area (Å²) in [5.74, 6) is 0.575. The van der Waals surface area contributed by atoms with Gasteiger partial charge < -0.3 is 16.0 Å². The van der Waals surface area contributed by atoms with Crippen LogP contribution in [0.25, 0.3) is 0 Å². The Morgan fingerprint density at radius 2 is 2.00 bits per heavy atom. The molecule has 3 N–H and O–H groups in total. The number of carbonyl (C=O) groups excluding carboxylic acids is 1. The second-order valence-corrected chi connectivity index (χ2v) is 7.76. The molecule has 1 amide bonds. The van der Waals surface area contributed by atoms with Crippen molar-refractivity contribution in [1.29, 1.82) is 0 Å². The summed E-state index contributed by atoms with van der Waals surface area (Å²) in [6.45, 7) is 4.57. The van der Waals surface area contributed by atoms with Crippen molar-refractivity contribution in [2.75, 3.05) is 25.1 Å². The normalized spacial score (nSPS) is 16.4. The molecule has 0 bridgehead atoms. The number of amides is 1. The maximum atomic E-state index is 11.6. The first-order valence-electron chi connectivity index (χ1n) is 7.32. The lowest BCUT2D eigenvalue weighted by molar-refractivity contribution is -0.119. The molecule has 1 rings (SSSR count). The maximum absolute atomic E-state index is 11.6. The van der Waals surface area contributed by atoms with Gasteiger partial charge in [0.15, 0.2) is 5.96 Å². The number of hydrogen-bond acceptors (Lipinski definition) is 4. The van der Waals surface area contributed by atoms with E-state index in [1.807, 2.05) is 13.8 Å². The minimum atomic E-state index is -2.96. The van der Waals surface area contributed by atoms with E-state index in [4.69, 9.17) is 0 Å². The van der Waals surface area contributed by atoms with Crippen LogP contribution in [-0.2, 0) is 14.6 Å². The highest BCUT2D eigenvalue weighted by Gasteiger charge is 2.22. The van der Waals surface area contributed by atoms with Crippen molar-refractivity contribution in [3.05, 3.63) is 0 Å². The fourth-order valence-corrected chi connectivity index (χ4v) is 2.45. The second kappa shape index (κ2) is 10.2. The van der Waals surface area contributed by atoms with Crippen LogP contribution in [0.4, 0.5) is 0 Å². The molecule has 0 aromatic heterocycles. The van der Waals surface area contributed by atoms with Crippen LogP contribution in [0.2, 0.25) is 0 Å². The molecule has 22 heavy (non-hydrogen) atoms. The van der Waals surface area contributed by atoms with Crippen LogP contribution in [0, 0.1) is 0 Å². The van der Waals surface area contributed by atoms with E-state index in [0.29, 0.717) is 25.0 Å². The molecule has 0 aromatic carbocycles. The van der Waals surface area contributed by atoms with Crippen LogP contribution < -0.4 is 16.0 Å². The van der Waals surface area contributed by atoms with Crippen LogP contribution in [0.5, 0.6) is 0 Å². The predicted molar refractivity (Wildman–Crippen MR) is 99.5 cm³/mol. The highest BCUT2D eigenvalue weighted by molar-refractivity contribution is 14.0. The fraction of sp³-hybridized carbons (Fsp3) is 0.846. The Morgan fingerprint density at radius 3 is 2.50 bits per heavy atom. The molecule has 0 spiro atoms. The van der Waals surface area contributed by atoms with Gasteiger partial charge in [-0.05, 0) is 33.1 Å². The van der Waals surface area contributed by atoms with Gasteiger partial charge in [0, 0.05) is 24.9 Å². The SMILES string of the molecule is CCNC(=NCC(=O)NC1CC1)NC(C)CCS(C)(=O)=O.I. The van der Waals surface area contributed by atoms with Gasteiger partial charge in [0.2, 0.25) is 5.91 Å². The number of hydrogen-bond donors (Lipinski definition) is 3. The van der Waals surface area contributed by atoms with Crippen molar-refractivity contribution >= 4 is 45.7 Å². The average Bonchev–Trinajstić information content (AvgIpc) is 3.17. The van der Waals surface area contributed by atoms with E-state index in [0.717, 1.165) is 12.8 Å². The number of guanidine groups is 1. The number of aliphatic imine (C=N–C) groups is 1. The van der Waals surface area contributed by atoms with Crippen molar-refractivity contribution in [3.8, 4) is 0 Å². The van der Waals surface area contributed by atoms with E-state index in [9.17, 15) is 13.2 Å². The molecule has 7 nitrogen and oxygen atoms in total. The number of nitrogens with one attached hydrogen (secondary N) is 3. The van der Waals surface area contributed by atoms with Gasteiger partial charge in [0.05, 0.1) is 5.75 Å². The van der Waals surface area contributed by atoms with Crippen LogP contribution in [0.3, 0.4) is 0 Å². The summed E-state index contributed by atoms with van der Waals surface area (Å²) in [4.78, 5) is 15.8. The molecular formula is C13H27IN4O3S. The van der Waals surface area contributed by atoms with E-state index in [1.54, 1.807) is 0 Å². The molecule has 1 saturated carbocycles. The van der Waals surface area contributed by atoms with E-state index in [1.165, 1.54) is 6.26 Å². The summed E-state index contributed by atoms with van der Waals surface area (Å²) in [6, 6.07) is 0.293. The zero-order valence-corrected chi connectivity index (χ0v) is 16.5. The van der Waals surface area contributed by atoms with E-state index in [2.05, 4.69) is 20.9 Å². The smallest absolute Gasteiger partial charge is 0.242 e. The minimum absolute atomic E-state index is 0. The number of nitrogens with zero attached hydrogens (tertiary/aromatic N) is 1. The Labute approximate surface area is 150 Å². The first-order valence-corrected chi connectivity index (χ1v) is 9.38. The number of rotatable bonds is 8. The summed E-state index contributed by atoms with van der Waals surface area (Å²) in [7, 11) is -2.96. The molecule has 0 aliphatic heterocycles. The lowest BCUT2D eigenvalue weighted by Gasteiger charge is -2.17. The van der Waals surface area contributed by atoms with Crippen LogP contribution in [0.1, 0.15) is 33.1 Å². The quantitative estimate of drug-likeness (QED) is 0.282. The van der Waals surface area contributed by atoms with E-state index >= 15 is 0 Å². The molecule has 0 radical (unpaired) electrons. The summed E-state index contributed by atoms with van der Waals surface area (Å²) in [5, 5.41) is 9.02. The van der Waals surface area contributed by atoms with Gasteiger partial charge >= 0.3 is 0 Å². The van der Waals surface area contributed by atoms with Gasteiger partial charge in [-0.3, -0.25) is 4.79 Å². The predicted octanol–water partition coefficient (Wildman–Crippen LogP) is 0.261. The molecule has 0 saturated heterocycles. The highest BCUT2D eigenvalue weighted by atomic mass is 127. The largest absolute Gasteiger partial charge is 0.357 e. The third kappa shape index (κ3) is 11.0. The standard InChI is InChI=1S/C13H26N4O3S.HI/c1-4-14-13(15-9-12(18)17-11-5-6-11)16-10(2)7-8-21(3,19)20;/h10-11H,4-9H2,1-3H3,(H,17,18)(H2,14,15,16);1H. The third-order valence-electron chi connectivity index (χ3n) is 2.97. The maximum Gasteiger partial charge on any atom is 0.242 e. The molecular weight excluding hydrogens is 419 g/mol. The molecule has 1 aliphatic rings. The number of carbonyl (C=O) groups is 1. The van der Waals surface area contributed by atoms with Crippen LogP contribution in [-0.4, -0.2) is 57.5 Å². The lowest BCUT2D eigenvalue weighted by atomic mass is 10.3. The number of halogens is 1. The Balaban J connectivity index is 0.00000441. The van der Waals surface area contributed by atoms with Gasteiger partial charge in [-0.15, -0.1) is 24.0 Å². The zero-order chi connectivity index (χ0) is 15.9. The van der Waals surface area contributed by atoms with Crippen molar-refractivity contribution in [1.82, 2.24) is 16.0 Å². The Kier molecular flexibility index (Phi) is 9.97. The van der Waals surface area contributed by atoms with E-state index in [-0.39, 0.29) is 48.2 Å². The zero-order valence-electron chi connectivity index (χ0n) is 13.4. The monoisotopic (exact) mass is 446 g/mol. The molecule has 130 valence electrons. The van der Waals surface area contributed by atoms with Gasteiger partial charge in [-0.2, -0.15) is 0 Å². The van der Waals surface area contributed by atoms with Gasteiger partial charge in [-0.1, -0.05) is 0 Å². The summed E-state index contributed by atoms with van der Waals surface area (Å²) >= 11 is 0. The van der Waals surface area contributed by atoms with Crippen LogP contribution >= 0.6 is 24.0 Å². The number of sulfone groups is 1. The summed E-state index contributed by atoms with van der Waals surface area (Å²) in [6.07, 6.45) is 3.82. The lowest BCUT2D eigenvalue weighted by Crippen LogP contribution is -2.43. The molecule has 1 aliphatic carbocycles. The topological polar surface area (TPSA) is 99.7 Å². The first kappa shape index (κ1) is 21.4. The van der Waals surface area contributed by atoms with Crippen molar-refractivity contribution in [3.63, 3.8) is 0 Å². The fourth-order valence-electron chi connectivity index (χ4n) is 1.67. The molecule has 0 aromatic rings. The Hall–Kier alpha value is -0.580. The molecule has 0 heterocycles. The average molecular weight is 446 g/mol. The summed E-state index contributed by atoms with van der Waals surface area (Å²) < 4.78 is 22.3. The van der Waals surface area contributed by atoms with Gasteiger partial charge in [0.1, 0.15) is 16.4 Å². The van der Waals surface area contributed by atoms with Gasteiger partial charge in [-0.25, -0.2) is 13.4 Å². The molecule has 1 fully saturated rings. The van der Waals surface area contributed by atoms with Crippen molar-refractivity contribution in [2.24, 2.45) is 4.99 Å². The van der Waals surface area contributed by atoms with Gasteiger partial charge in [0.25, 0.3) is 0 Å². The van der Waals surface area contributed by atoms with Crippen LogP contribution in [0.15, 0.2) is 4.99 Å². The first-order chi connectivity index (χ1) is 9.80. The minimum Gasteiger partial charge on any atom is -0.357 e. The second-order valence-electron chi connectivity index (χ2n) is 5.50. The molecule has 1 atom stereocenters. The Morgan fingerprint density at radius 1 is 1.36 bits per heavy atom. The van der Waals surface area contributed by atoms with Crippen molar-refractivity contribution < 1.29 is 13.2 Å².